The number of hydrogen-bond acceptors (Lipinski definition) is 1. The first-order valence-corrected chi connectivity index (χ1v) is 5.12. The maximum atomic E-state index is 12.5. The summed E-state index contributed by atoms with van der Waals surface area (Å²) in [4.78, 5) is 11.0. The highest BCUT2D eigenvalue weighted by atomic mass is 19.4. The standard InChI is InChI=1S/C12H11F3O/c13-12(14,15)10-4-1-3-9(7-10)11(8-16)5-2-6-11/h1,3-4,7-8H,2,5-6H2. The van der Waals surface area contributed by atoms with E-state index in [4.69, 9.17) is 0 Å². The molecule has 1 fully saturated rings. The van der Waals surface area contributed by atoms with Gasteiger partial charge >= 0.3 is 6.18 Å². The second-order valence-electron chi connectivity index (χ2n) is 4.21. The summed E-state index contributed by atoms with van der Waals surface area (Å²) in [6, 6.07) is 5.08. The van der Waals surface area contributed by atoms with E-state index in [-0.39, 0.29) is 0 Å². The van der Waals surface area contributed by atoms with Crippen molar-refractivity contribution in [2.75, 3.05) is 0 Å². The van der Waals surface area contributed by atoms with Crippen LogP contribution in [0.15, 0.2) is 24.3 Å². The third-order valence-corrected chi connectivity index (χ3v) is 3.24. The molecule has 0 aliphatic heterocycles. The van der Waals surface area contributed by atoms with Crippen LogP contribution in [-0.2, 0) is 16.4 Å². The lowest BCUT2D eigenvalue weighted by molar-refractivity contribution is -0.137. The zero-order valence-electron chi connectivity index (χ0n) is 8.55. The van der Waals surface area contributed by atoms with Gasteiger partial charge in [-0.3, -0.25) is 0 Å². The molecule has 0 spiro atoms. The van der Waals surface area contributed by atoms with Gasteiger partial charge in [-0.05, 0) is 24.5 Å². The molecule has 1 saturated carbocycles. The van der Waals surface area contributed by atoms with Gasteiger partial charge in [0.1, 0.15) is 6.29 Å². The number of aldehydes is 1. The zero-order valence-corrected chi connectivity index (χ0v) is 8.55. The molecule has 1 aliphatic rings. The van der Waals surface area contributed by atoms with E-state index in [2.05, 4.69) is 0 Å². The Morgan fingerprint density at radius 3 is 2.38 bits per heavy atom. The van der Waals surface area contributed by atoms with Gasteiger partial charge in [0.15, 0.2) is 0 Å². The van der Waals surface area contributed by atoms with Crippen LogP contribution in [0, 0.1) is 0 Å². The maximum absolute atomic E-state index is 12.5. The number of hydrogen-bond donors (Lipinski definition) is 0. The Morgan fingerprint density at radius 1 is 1.25 bits per heavy atom. The molecule has 16 heavy (non-hydrogen) atoms. The minimum atomic E-state index is -4.34. The molecule has 1 aromatic rings. The van der Waals surface area contributed by atoms with Crippen LogP contribution in [-0.4, -0.2) is 6.29 Å². The Balaban J connectivity index is 2.39. The Hall–Kier alpha value is -1.32. The first-order valence-electron chi connectivity index (χ1n) is 5.12. The van der Waals surface area contributed by atoms with Crippen LogP contribution in [0.1, 0.15) is 30.4 Å². The zero-order chi connectivity index (χ0) is 11.8. The lowest BCUT2D eigenvalue weighted by Crippen LogP contribution is -2.35. The summed E-state index contributed by atoms with van der Waals surface area (Å²) in [6.45, 7) is 0. The lowest BCUT2D eigenvalue weighted by atomic mass is 9.65. The van der Waals surface area contributed by atoms with E-state index in [9.17, 15) is 18.0 Å². The van der Waals surface area contributed by atoms with E-state index < -0.39 is 17.2 Å². The van der Waals surface area contributed by atoms with Gasteiger partial charge in [-0.15, -0.1) is 0 Å². The predicted octanol–water partition coefficient (Wildman–Crippen LogP) is 3.33. The van der Waals surface area contributed by atoms with Gasteiger partial charge < -0.3 is 4.79 Å². The average Bonchev–Trinajstić information content (AvgIpc) is 2.16. The quantitative estimate of drug-likeness (QED) is 0.709. The molecule has 2 rings (SSSR count). The van der Waals surface area contributed by atoms with Crippen LogP contribution in [0.3, 0.4) is 0 Å². The topological polar surface area (TPSA) is 17.1 Å². The van der Waals surface area contributed by atoms with Crippen molar-refractivity contribution < 1.29 is 18.0 Å². The highest BCUT2D eigenvalue weighted by molar-refractivity contribution is 5.70. The molecular formula is C12H11F3O. The molecule has 0 N–H and O–H groups in total. The number of alkyl halides is 3. The maximum Gasteiger partial charge on any atom is 0.416 e. The molecule has 1 nitrogen and oxygen atoms in total. The molecule has 1 aromatic carbocycles. The summed E-state index contributed by atoms with van der Waals surface area (Å²) >= 11 is 0. The molecule has 86 valence electrons. The van der Waals surface area contributed by atoms with Crippen LogP contribution in [0.5, 0.6) is 0 Å². The molecule has 0 aromatic heterocycles. The molecule has 1 aliphatic carbocycles. The van der Waals surface area contributed by atoms with Crippen molar-refractivity contribution in [2.24, 2.45) is 0 Å². The second kappa shape index (κ2) is 3.61. The third-order valence-electron chi connectivity index (χ3n) is 3.24. The molecule has 0 unspecified atom stereocenters. The largest absolute Gasteiger partial charge is 0.416 e. The van der Waals surface area contributed by atoms with E-state index in [1.165, 1.54) is 6.07 Å². The number of rotatable bonds is 2. The molecule has 0 atom stereocenters. The molecule has 0 saturated heterocycles. The average molecular weight is 228 g/mol. The monoisotopic (exact) mass is 228 g/mol. The number of halogens is 3. The minimum Gasteiger partial charge on any atom is -0.302 e. The Labute approximate surface area is 91.3 Å². The summed E-state index contributed by atoms with van der Waals surface area (Å²) in [5, 5.41) is 0. The van der Waals surface area contributed by atoms with Gasteiger partial charge in [-0.1, -0.05) is 24.6 Å². The van der Waals surface area contributed by atoms with Gasteiger partial charge in [-0.2, -0.15) is 13.2 Å². The number of benzene rings is 1. The van der Waals surface area contributed by atoms with Crippen molar-refractivity contribution in [1.82, 2.24) is 0 Å². The van der Waals surface area contributed by atoms with Crippen molar-refractivity contribution in [3.8, 4) is 0 Å². The SMILES string of the molecule is O=CC1(c2cccc(C(F)(F)F)c2)CCC1. The summed E-state index contributed by atoms with van der Waals surface area (Å²) in [7, 11) is 0. The van der Waals surface area contributed by atoms with Crippen LogP contribution in [0.25, 0.3) is 0 Å². The van der Waals surface area contributed by atoms with Crippen molar-refractivity contribution in [1.29, 1.82) is 0 Å². The summed E-state index contributed by atoms with van der Waals surface area (Å²) in [6.07, 6.45) is -1.36. The van der Waals surface area contributed by atoms with Gasteiger partial charge in [0, 0.05) is 0 Å². The fraction of sp³-hybridized carbons (Fsp3) is 0.417. The number of carbonyl (C=O) groups is 1. The summed E-state index contributed by atoms with van der Waals surface area (Å²) in [5.41, 5.74) is -0.858. The van der Waals surface area contributed by atoms with Crippen molar-refractivity contribution >= 4 is 6.29 Å². The first kappa shape index (κ1) is 11.2. The normalized spacial score (nSPS) is 18.9. The van der Waals surface area contributed by atoms with Crippen molar-refractivity contribution in [3.63, 3.8) is 0 Å². The Morgan fingerprint density at radius 2 is 1.94 bits per heavy atom. The van der Waals surface area contributed by atoms with Crippen LogP contribution in [0.2, 0.25) is 0 Å². The Kier molecular flexibility index (Phi) is 2.52. The van der Waals surface area contributed by atoms with Gasteiger partial charge in [0.2, 0.25) is 0 Å². The van der Waals surface area contributed by atoms with E-state index in [1.54, 1.807) is 6.07 Å². The van der Waals surface area contributed by atoms with E-state index in [1.807, 2.05) is 0 Å². The van der Waals surface area contributed by atoms with Gasteiger partial charge in [-0.25, -0.2) is 0 Å². The van der Waals surface area contributed by atoms with Crippen LogP contribution < -0.4 is 0 Å². The lowest BCUT2D eigenvalue weighted by Gasteiger charge is -2.37. The second-order valence-corrected chi connectivity index (χ2v) is 4.21. The van der Waals surface area contributed by atoms with E-state index in [0.29, 0.717) is 18.4 Å². The molecule has 0 radical (unpaired) electrons. The number of carbonyl (C=O) groups excluding carboxylic acids is 1. The predicted molar refractivity (Wildman–Crippen MR) is 53.0 cm³/mol. The highest BCUT2D eigenvalue weighted by Crippen LogP contribution is 2.43. The fourth-order valence-corrected chi connectivity index (χ4v) is 2.04. The third kappa shape index (κ3) is 1.72. The van der Waals surface area contributed by atoms with Crippen LogP contribution in [0.4, 0.5) is 13.2 Å². The molecule has 0 bridgehead atoms. The molecule has 4 heteroatoms. The fourth-order valence-electron chi connectivity index (χ4n) is 2.04. The smallest absolute Gasteiger partial charge is 0.302 e. The Bertz CT molecular complexity index is 405. The van der Waals surface area contributed by atoms with E-state index >= 15 is 0 Å². The molecular weight excluding hydrogens is 217 g/mol. The van der Waals surface area contributed by atoms with Gasteiger partial charge in [0.25, 0.3) is 0 Å². The minimum absolute atomic E-state index is 0.489. The van der Waals surface area contributed by atoms with Crippen molar-refractivity contribution in [2.45, 2.75) is 30.9 Å². The van der Waals surface area contributed by atoms with Gasteiger partial charge in [0.05, 0.1) is 11.0 Å². The summed E-state index contributed by atoms with van der Waals surface area (Å²) < 4.78 is 37.5. The van der Waals surface area contributed by atoms with E-state index in [0.717, 1.165) is 24.8 Å². The first-order chi connectivity index (χ1) is 7.48. The van der Waals surface area contributed by atoms with Crippen molar-refractivity contribution in [3.05, 3.63) is 35.4 Å². The summed E-state index contributed by atoms with van der Waals surface area (Å²) in [5.74, 6) is 0. The van der Waals surface area contributed by atoms with Crippen LogP contribution >= 0.6 is 0 Å². The highest BCUT2D eigenvalue weighted by Gasteiger charge is 2.40. The molecule has 0 amide bonds. The molecule has 0 heterocycles.